The highest BCUT2D eigenvalue weighted by Gasteiger charge is 2.38. The summed E-state index contributed by atoms with van der Waals surface area (Å²) in [5.41, 5.74) is 7.83. The average molecular weight is 508 g/mol. The molecule has 4 aromatic carbocycles. The zero-order valence-corrected chi connectivity index (χ0v) is 20.7. The van der Waals surface area contributed by atoms with E-state index < -0.39 is 23.5 Å². The normalized spacial score (nSPS) is 11.8. The summed E-state index contributed by atoms with van der Waals surface area (Å²) in [7, 11) is 0. The van der Waals surface area contributed by atoms with Crippen LogP contribution in [0.1, 0.15) is 39.9 Å². The Bertz CT molecular complexity index is 1300. The molecule has 7 heteroatoms. The Labute approximate surface area is 221 Å². The van der Waals surface area contributed by atoms with Gasteiger partial charge in [-0.15, -0.1) is 0 Å². The lowest BCUT2D eigenvalue weighted by molar-refractivity contribution is -0.139. The fraction of sp³-hybridized carbons (Fsp3) is 0.129. The van der Waals surface area contributed by atoms with E-state index in [1.807, 2.05) is 91.0 Å². The van der Waals surface area contributed by atoms with E-state index in [2.05, 4.69) is 10.6 Å². The summed E-state index contributed by atoms with van der Waals surface area (Å²) in [5.74, 6) is -2.20. The van der Waals surface area contributed by atoms with E-state index in [4.69, 9.17) is 5.73 Å². The largest absolute Gasteiger partial charge is 0.480 e. The van der Waals surface area contributed by atoms with Gasteiger partial charge in [0.1, 0.15) is 11.6 Å². The van der Waals surface area contributed by atoms with Crippen molar-refractivity contribution in [1.82, 2.24) is 10.6 Å². The van der Waals surface area contributed by atoms with Gasteiger partial charge in [-0.1, -0.05) is 103 Å². The Balaban J connectivity index is 1.61. The molecule has 5 N–H and O–H groups in total. The third kappa shape index (κ3) is 5.73. The summed E-state index contributed by atoms with van der Waals surface area (Å²) in [6.07, 6.45) is -0.232. The van der Waals surface area contributed by atoms with Crippen LogP contribution in [0.3, 0.4) is 0 Å². The van der Waals surface area contributed by atoms with Crippen molar-refractivity contribution in [3.8, 4) is 0 Å². The van der Waals surface area contributed by atoms with Crippen molar-refractivity contribution in [3.63, 3.8) is 0 Å². The molecule has 4 aromatic rings. The van der Waals surface area contributed by atoms with Crippen molar-refractivity contribution in [2.24, 2.45) is 0 Å². The molecule has 0 unspecified atom stereocenters. The van der Waals surface area contributed by atoms with E-state index >= 15 is 0 Å². The zero-order valence-electron chi connectivity index (χ0n) is 20.7. The van der Waals surface area contributed by atoms with Crippen LogP contribution in [0.25, 0.3) is 0 Å². The van der Waals surface area contributed by atoms with Gasteiger partial charge in [-0.3, -0.25) is 9.59 Å². The lowest BCUT2D eigenvalue weighted by Gasteiger charge is -2.37. The number of para-hydroxylation sites is 1. The van der Waals surface area contributed by atoms with Gasteiger partial charge in [-0.25, -0.2) is 4.79 Å². The van der Waals surface area contributed by atoms with Gasteiger partial charge in [0.15, 0.2) is 0 Å². The molecule has 0 saturated carbocycles. The minimum absolute atomic E-state index is 0.103. The van der Waals surface area contributed by atoms with Crippen molar-refractivity contribution in [3.05, 3.63) is 138 Å². The number of aliphatic carboxylic acids is 1. The van der Waals surface area contributed by atoms with Gasteiger partial charge in [-0.2, -0.15) is 0 Å². The topological polar surface area (TPSA) is 122 Å². The summed E-state index contributed by atoms with van der Waals surface area (Å²) < 4.78 is 0. The smallest absolute Gasteiger partial charge is 0.326 e. The van der Waals surface area contributed by atoms with E-state index in [9.17, 15) is 19.5 Å². The molecule has 0 saturated heterocycles. The molecule has 192 valence electrons. The molecule has 0 aliphatic heterocycles. The maximum absolute atomic E-state index is 13.5. The van der Waals surface area contributed by atoms with Crippen LogP contribution in [0.2, 0.25) is 0 Å². The number of nitrogens with two attached hydrogens (primary N) is 1. The molecule has 0 radical (unpaired) electrons. The molecule has 0 aliphatic rings. The van der Waals surface area contributed by atoms with Crippen LogP contribution in [-0.2, 0) is 15.1 Å². The van der Waals surface area contributed by atoms with Crippen LogP contribution in [0, 0.1) is 0 Å². The maximum atomic E-state index is 13.5. The third-order valence-electron chi connectivity index (χ3n) is 6.42. The molecule has 0 heterocycles. The number of carbonyl (C=O) groups is 3. The SMILES string of the molecule is Nc1ccccc1C(=O)N[C@@H](CCC(=O)NC(c1ccccc1)(c1ccccc1)c1ccccc1)C(=O)O. The second-order valence-electron chi connectivity index (χ2n) is 8.89. The monoisotopic (exact) mass is 507 g/mol. The lowest BCUT2D eigenvalue weighted by Crippen LogP contribution is -2.48. The highest BCUT2D eigenvalue weighted by Crippen LogP contribution is 2.36. The number of nitrogens with one attached hydrogen (secondary N) is 2. The molecular formula is C31H29N3O4. The van der Waals surface area contributed by atoms with Gasteiger partial charge in [0, 0.05) is 12.1 Å². The highest BCUT2D eigenvalue weighted by atomic mass is 16.4. The summed E-state index contributed by atoms with van der Waals surface area (Å²) in [4.78, 5) is 38.1. The molecule has 38 heavy (non-hydrogen) atoms. The van der Waals surface area contributed by atoms with E-state index in [0.29, 0.717) is 0 Å². The number of nitrogen functional groups attached to an aromatic ring is 1. The van der Waals surface area contributed by atoms with Crippen LogP contribution < -0.4 is 16.4 Å². The van der Waals surface area contributed by atoms with Gasteiger partial charge in [0.25, 0.3) is 5.91 Å². The number of amides is 2. The lowest BCUT2D eigenvalue weighted by atomic mass is 9.77. The number of carboxylic acid groups (broad SMARTS) is 1. The van der Waals surface area contributed by atoms with Crippen molar-refractivity contribution >= 4 is 23.5 Å². The first-order valence-corrected chi connectivity index (χ1v) is 12.3. The van der Waals surface area contributed by atoms with Crippen molar-refractivity contribution in [2.75, 3.05) is 5.73 Å². The minimum atomic E-state index is -1.27. The Kier molecular flexibility index (Phi) is 8.18. The average Bonchev–Trinajstić information content (AvgIpc) is 2.95. The molecule has 4 rings (SSSR count). The quantitative estimate of drug-likeness (QED) is 0.188. The van der Waals surface area contributed by atoms with E-state index in [1.54, 1.807) is 18.2 Å². The van der Waals surface area contributed by atoms with Gasteiger partial charge in [0.05, 0.1) is 5.56 Å². The number of benzene rings is 4. The molecule has 2 amide bonds. The second kappa shape index (κ2) is 11.9. The first kappa shape index (κ1) is 26.2. The van der Waals surface area contributed by atoms with Crippen LogP contribution in [0.4, 0.5) is 5.69 Å². The molecule has 7 nitrogen and oxygen atoms in total. The molecule has 0 aliphatic carbocycles. The van der Waals surface area contributed by atoms with Crippen LogP contribution in [0.5, 0.6) is 0 Å². The summed E-state index contributed by atoms with van der Waals surface area (Å²) >= 11 is 0. The number of carbonyl (C=O) groups excluding carboxylic acids is 2. The third-order valence-corrected chi connectivity index (χ3v) is 6.42. The first-order chi connectivity index (χ1) is 18.4. The molecule has 0 fully saturated rings. The van der Waals surface area contributed by atoms with E-state index in [-0.39, 0.29) is 30.0 Å². The molecular weight excluding hydrogens is 478 g/mol. The first-order valence-electron chi connectivity index (χ1n) is 12.3. The van der Waals surface area contributed by atoms with Crippen molar-refractivity contribution in [2.45, 2.75) is 24.4 Å². The molecule has 0 spiro atoms. The van der Waals surface area contributed by atoms with Crippen LogP contribution >= 0.6 is 0 Å². The second-order valence-corrected chi connectivity index (χ2v) is 8.89. The van der Waals surface area contributed by atoms with Gasteiger partial charge in [-0.05, 0) is 35.2 Å². The Hall–Kier alpha value is -4.91. The predicted molar refractivity (Wildman–Crippen MR) is 146 cm³/mol. The fourth-order valence-corrected chi connectivity index (χ4v) is 4.53. The van der Waals surface area contributed by atoms with Gasteiger partial charge >= 0.3 is 5.97 Å². The van der Waals surface area contributed by atoms with Gasteiger partial charge in [0.2, 0.25) is 5.91 Å². The summed E-state index contributed by atoms with van der Waals surface area (Å²) in [6.45, 7) is 0. The molecule has 0 aromatic heterocycles. The molecule has 0 bridgehead atoms. The highest BCUT2D eigenvalue weighted by molar-refractivity contribution is 6.00. The Morgan fingerprint density at radius 2 is 1.16 bits per heavy atom. The van der Waals surface area contributed by atoms with E-state index in [0.717, 1.165) is 16.7 Å². The summed E-state index contributed by atoms with van der Waals surface area (Å²) in [6, 6.07) is 34.0. The molecule has 1 atom stereocenters. The van der Waals surface area contributed by atoms with Crippen LogP contribution in [0.15, 0.2) is 115 Å². The van der Waals surface area contributed by atoms with Crippen molar-refractivity contribution < 1.29 is 19.5 Å². The van der Waals surface area contributed by atoms with Crippen molar-refractivity contribution in [1.29, 1.82) is 0 Å². The standard InChI is InChI=1S/C31H29N3O4/c32-26-19-11-10-18-25(26)29(36)33-27(30(37)38)20-21-28(35)34-31(22-12-4-1-5-13-22,23-14-6-2-7-15-23)24-16-8-3-9-17-24/h1-19,27H,20-21,32H2,(H,33,36)(H,34,35)(H,37,38)/t27-/m0/s1. The fourth-order valence-electron chi connectivity index (χ4n) is 4.53. The van der Waals surface area contributed by atoms with E-state index in [1.165, 1.54) is 6.07 Å². The van der Waals surface area contributed by atoms with Gasteiger partial charge < -0.3 is 21.5 Å². The van der Waals surface area contributed by atoms with Crippen LogP contribution in [-0.4, -0.2) is 28.9 Å². The number of anilines is 1. The number of carboxylic acids is 1. The summed E-state index contributed by atoms with van der Waals surface area (Å²) in [5, 5.41) is 15.4. The predicted octanol–water partition coefficient (Wildman–Crippen LogP) is 4.34. The number of hydrogen-bond donors (Lipinski definition) is 4. The Morgan fingerprint density at radius 1 is 0.711 bits per heavy atom. The number of rotatable bonds is 10. The number of hydrogen-bond acceptors (Lipinski definition) is 4. The minimum Gasteiger partial charge on any atom is -0.480 e. The Morgan fingerprint density at radius 3 is 1.61 bits per heavy atom. The zero-order chi connectivity index (χ0) is 27.0. The maximum Gasteiger partial charge on any atom is 0.326 e.